The van der Waals surface area contributed by atoms with Crippen molar-refractivity contribution in [1.82, 2.24) is 0 Å². The molecule has 18 heavy (non-hydrogen) atoms. The van der Waals surface area contributed by atoms with Crippen LogP contribution in [0, 0.1) is 6.92 Å². The van der Waals surface area contributed by atoms with Crippen LogP contribution in [0.3, 0.4) is 0 Å². The summed E-state index contributed by atoms with van der Waals surface area (Å²) in [6.07, 6.45) is 1.84. The van der Waals surface area contributed by atoms with Crippen LogP contribution in [0.15, 0.2) is 6.07 Å². The molecule has 2 N–H and O–H groups in total. The van der Waals surface area contributed by atoms with E-state index < -0.39 is 0 Å². The number of benzene rings is 1. The minimum Gasteiger partial charge on any atom is -0.496 e. The lowest BCUT2D eigenvalue weighted by Gasteiger charge is -2.34. The molecule has 4 heteroatoms. The van der Waals surface area contributed by atoms with Crippen LogP contribution in [0.5, 0.6) is 5.75 Å². The largest absolute Gasteiger partial charge is 0.496 e. The van der Waals surface area contributed by atoms with Gasteiger partial charge in [-0.2, -0.15) is 0 Å². The first-order chi connectivity index (χ1) is 8.58. The summed E-state index contributed by atoms with van der Waals surface area (Å²) in [5.41, 5.74) is 3.05. The average molecular weight is 271 g/mol. The zero-order valence-corrected chi connectivity index (χ0v) is 11.5. The van der Waals surface area contributed by atoms with E-state index in [0.717, 1.165) is 35.3 Å². The molecule has 0 heterocycles. The SMILES string of the molecule is COc1c(CCO)cc(Cl)c(C)c1C1CC(O)C1. The minimum absolute atomic E-state index is 0.0719. The molecule has 0 spiro atoms. The van der Waals surface area contributed by atoms with Crippen LogP contribution >= 0.6 is 11.6 Å². The summed E-state index contributed by atoms with van der Waals surface area (Å²) in [5.74, 6) is 1.13. The third-order valence-corrected chi connectivity index (χ3v) is 4.10. The Bertz CT molecular complexity index is 439. The lowest BCUT2D eigenvalue weighted by atomic mass is 9.75. The summed E-state index contributed by atoms with van der Waals surface area (Å²) < 4.78 is 5.51. The van der Waals surface area contributed by atoms with E-state index in [2.05, 4.69) is 0 Å². The fourth-order valence-corrected chi connectivity index (χ4v) is 2.89. The number of rotatable bonds is 4. The Hall–Kier alpha value is -0.770. The molecule has 0 aromatic heterocycles. The Labute approximate surface area is 112 Å². The molecule has 2 rings (SSSR count). The highest BCUT2D eigenvalue weighted by molar-refractivity contribution is 6.31. The number of methoxy groups -OCH3 is 1. The van der Waals surface area contributed by atoms with E-state index in [0.29, 0.717) is 17.4 Å². The van der Waals surface area contributed by atoms with Crippen molar-refractivity contribution in [2.24, 2.45) is 0 Å². The highest BCUT2D eigenvalue weighted by Gasteiger charge is 2.33. The highest BCUT2D eigenvalue weighted by atomic mass is 35.5. The normalized spacial score (nSPS) is 22.7. The van der Waals surface area contributed by atoms with Gasteiger partial charge in [-0.1, -0.05) is 11.6 Å². The van der Waals surface area contributed by atoms with Gasteiger partial charge in [-0.25, -0.2) is 0 Å². The number of hydrogen-bond donors (Lipinski definition) is 2. The molecule has 0 aliphatic heterocycles. The molecule has 1 aliphatic rings. The molecule has 100 valence electrons. The zero-order chi connectivity index (χ0) is 13.3. The van der Waals surface area contributed by atoms with Gasteiger partial charge in [0.2, 0.25) is 0 Å². The lowest BCUT2D eigenvalue weighted by molar-refractivity contribution is 0.0735. The number of hydrogen-bond acceptors (Lipinski definition) is 3. The molecule has 0 amide bonds. The van der Waals surface area contributed by atoms with Crippen LogP contribution < -0.4 is 4.74 Å². The first-order valence-electron chi connectivity index (χ1n) is 6.23. The third kappa shape index (κ3) is 2.35. The standard InChI is InChI=1S/C14H19ClO3/c1-8-12(15)7-9(3-4-16)14(18-2)13(8)10-5-11(17)6-10/h7,10-11,16-17H,3-6H2,1-2H3. The maximum absolute atomic E-state index is 9.46. The molecular weight excluding hydrogens is 252 g/mol. The fourth-order valence-electron chi connectivity index (χ4n) is 2.66. The van der Waals surface area contributed by atoms with E-state index in [1.165, 1.54) is 0 Å². The van der Waals surface area contributed by atoms with Gasteiger partial charge in [0.05, 0.1) is 13.2 Å². The van der Waals surface area contributed by atoms with Crippen molar-refractivity contribution in [1.29, 1.82) is 0 Å². The molecule has 1 aromatic rings. The van der Waals surface area contributed by atoms with Gasteiger partial charge in [-0.15, -0.1) is 0 Å². The van der Waals surface area contributed by atoms with Crippen molar-refractivity contribution in [3.8, 4) is 5.75 Å². The van der Waals surface area contributed by atoms with Crippen molar-refractivity contribution >= 4 is 11.6 Å². The number of halogens is 1. The summed E-state index contributed by atoms with van der Waals surface area (Å²) in [6.45, 7) is 2.05. The Kier molecular flexibility index (Phi) is 4.15. The quantitative estimate of drug-likeness (QED) is 0.883. The van der Waals surface area contributed by atoms with Gasteiger partial charge in [-0.3, -0.25) is 0 Å². The van der Waals surface area contributed by atoms with Gasteiger partial charge in [0.15, 0.2) is 0 Å². The first kappa shape index (κ1) is 13.7. The van der Waals surface area contributed by atoms with Crippen LogP contribution in [-0.4, -0.2) is 30.0 Å². The molecule has 1 aliphatic carbocycles. The van der Waals surface area contributed by atoms with E-state index in [1.807, 2.05) is 13.0 Å². The second-order valence-corrected chi connectivity index (χ2v) is 5.29. The molecule has 1 aromatic carbocycles. The Morgan fingerprint density at radius 2 is 2.11 bits per heavy atom. The number of aliphatic hydroxyl groups excluding tert-OH is 2. The summed E-state index contributed by atoms with van der Waals surface area (Å²) in [5, 5.41) is 19.3. The maximum atomic E-state index is 9.46. The second kappa shape index (κ2) is 5.47. The summed E-state index contributed by atoms with van der Waals surface area (Å²) >= 11 is 6.25. The Balaban J connectivity index is 2.46. The number of ether oxygens (including phenoxy) is 1. The van der Waals surface area contributed by atoms with Crippen molar-refractivity contribution in [2.75, 3.05) is 13.7 Å². The molecular formula is C14H19ClO3. The Morgan fingerprint density at radius 1 is 1.44 bits per heavy atom. The molecule has 0 atom stereocenters. The van der Waals surface area contributed by atoms with E-state index in [9.17, 15) is 5.11 Å². The lowest BCUT2D eigenvalue weighted by Crippen LogP contribution is -2.27. The van der Waals surface area contributed by atoms with Crippen LogP contribution in [0.4, 0.5) is 0 Å². The van der Waals surface area contributed by atoms with Crippen molar-refractivity contribution < 1.29 is 14.9 Å². The van der Waals surface area contributed by atoms with E-state index in [1.54, 1.807) is 7.11 Å². The van der Waals surface area contributed by atoms with Gasteiger partial charge in [0.1, 0.15) is 5.75 Å². The molecule has 0 saturated heterocycles. The topological polar surface area (TPSA) is 49.7 Å². The van der Waals surface area contributed by atoms with Crippen molar-refractivity contribution in [2.45, 2.75) is 38.2 Å². The number of aliphatic hydroxyl groups is 2. The van der Waals surface area contributed by atoms with Crippen LogP contribution in [-0.2, 0) is 6.42 Å². The molecule has 0 bridgehead atoms. The average Bonchev–Trinajstić information content (AvgIpc) is 2.30. The van der Waals surface area contributed by atoms with Gasteiger partial charge >= 0.3 is 0 Å². The van der Waals surface area contributed by atoms with Gasteiger partial charge < -0.3 is 14.9 Å². The second-order valence-electron chi connectivity index (χ2n) is 4.89. The highest BCUT2D eigenvalue weighted by Crippen LogP contribution is 2.46. The van der Waals surface area contributed by atoms with Crippen LogP contribution in [0.2, 0.25) is 5.02 Å². The molecule has 0 radical (unpaired) electrons. The monoisotopic (exact) mass is 270 g/mol. The molecule has 1 fully saturated rings. The summed E-state index contributed by atoms with van der Waals surface area (Å²) in [4.78, 5) is 0. The van der Waals surface area contributed by atoms with Crippen molar-refractivity contribution in [3.05, 3.63) is 27.8 Å². The van der Waals surface area contributed by atoms with Gasteiger partial charge in [0.25, 0.3) is 0 Å². The van der Waals surface area contributed by atoms with E-state index >= 15 is 0 Å². The first-order valence-corrected chi connectivity index (χ1v) is 6.61. The maximum Gasteiger partial charge on any atom is 0.125 e. The van der Waals surface area contributed by atoms with Crippen molar-refractivity contribution in [3.63, 3.8) is 0 Å². The van der Waals surface area contributed by atoms with Gasteiger partial charge in [-0.05, 0) is 49.3 Å². The molecule has 0 unspecified atom stereocenters. The minimum atomic E-state index is -0.209. The van der Waals surface area contributed by atoms with Crippen LogP contribution in [0.25, 0.3) is 0 Å². The smallest absolute Gasteiger partial charge is 0.125 e. The summed E-state index contributed by atoms with van der Waals surface area (Å²) in [7, 11) is 1.64. The zero-order valence-electron chi connectivity index (χ0n) is 10.7. The Morgan fingerprint density at radius 3 is 2.61 bits per heavy atom. The predicted octanol–water partition coefficient (Wildman–Crippen LogP) is 2.43. The van der Waals surface area contributed by atoms with Gasteiger partial charge in [0, 0.05) is 17.2 Å². The van der Waals surface area contributed by atoms with E-state index in [4.69, 9.17) is 21.4 Å². The third-order valence-electron chi connectivity index (χ3n) is 3.71. The predicted molar refractivity (Wildman–Crippen MR) is 71.5 cm³/mol. The molecule has 3 nitrogen and oxygen atoms in total. The summed E-state index contributed by atoms with van der Waals surface area (Å²) in [6, 6.07) is 1.87. The fraction of sp³-hybridized carbons (Fsp3) is 0.571. The van der Waals surface area contributed by atoms with Crippen LogP contribution in [0.1, 0.15) is 35.4 Å². The molecule has 1 saturated carbocycles. The van der Waals surface area contributed by atoms with E-state index in [-0.39, 0.29) is 12.7 Å².